The number of hydrogen-bond donors (Lipinski definition) is 1. The van der Waals surface area contributed by atoms with Crippen molar-refractivity contribution in [3.05, 3.63) is 29.6 Å². The molecule has 0 aliphatic heterocycles. The van der Waals surface area contributed by atoms with Gasteiger partial charge < -0.3 is 10.2 Å². The van der Waals surface area contributed by atoms with Crippen molar-refractivity contribution in [3.8, 4) is 0 Å². The van der Waals surface area contributed by atoms with Crippen molar-refractivity contribution in [1.82, 2.24) is 15.2 Å². The summed E-state index contributed by atoms with van der Waals surface area (Å²) in [6.07, 6.45) is 1.16. The first-order valence-corrected chi connectivity index (χ1v) is 6.96. The fourth-order valence-corrected chi connectivity index (χ4v) is 2.07. The van der Waals surface area contributed by atoms with Gasteiger partial charge in [0.05, 0.1) is 11.4 Å². The Bertz CT molecular complexity index is 336. The van der Waals surface area contributed by atoms with Crippen LogP contribution in [0.4, 0.5) is 0 Å². The molecule has 3 nitrogen and oxygen atoms in total. The summed E-state index contributed by atoms with van der Waals surface area (Å²) in [4.78, 5) is 7.02. The molecule has 0 saturated carbocycles. The Morgan fingerprint density at radius 3 is 2.67 bits per heavy atom. The monoisotopic (exact) mass is 249 g/mol. The first-order chi connectivity index (χ1) is 8.61. The lowest BCUT2D eigenvalue weighted by Crippen LogP contribution is -2.23. The third kappa shape index (κ3) is 6.12. The van der Waals surface area contributed by atoms with E-state index in [9.17, 15) is 0 Å². The first-order valence-electron chi connectivity index (χ1n) is 6.96. The maximum absolute atomic E-state index is 4.69. The lowest BCUT2D eigenvalue weighted by Gasteiger charge is -2.18. The van der Waals surface area contributed by atoms with Gasteiger partial charge in [0.25, 0.3) is 0 Å². The zero-order valence-electron chi connectivity index (χ0n) is 12.2. The van der Waals surface area contributed by atoms with Crippen LogP contribution in [0.2, 0.25) is 0 Å². The Hall–Kier alpha value is -0.930. The van der Waals surface area contributed by atoms with Crippen molar-refractivity contribution in [3.63, 3.8) is 0 Å². The van der Waals surface area contributed by atoms with Crippen LogP contribution in [0.25, 0.3) is 0 Å². The summed E-state index contributed by atoms with van der Waals surface area (Å²) in [5, 5.41) is 3.39. The summed E-state index contributed by atoms with van der Waals surface area (Å²) in [6.45, 7) is 10.6. The van der Waals surface area contributed by atoms with Crippen LogP contribution in [-0.4, -0.2) is 30.0 Å². The topological polar surface area (TPSA) is 28.2 Å². The van der Waals surface area contributed by atoms with Crippen molar-refractivity contribution in [1.29, 1.82) is 0 Å². The molecule has 0 aromatic carbocycles. The first kappa shape index (κ1) is 15.1. The maximum Gasteiger partial charge on any atom is 0.0547 e. The largest absolute Gasteiger partial charge is 0.311 e. The Kier molecular flexibility index (Phi) is 6.91. The number of rotatable bonds is 8. The summed E-state index contributed by atoms with van der Waals surface area (Å²) in [6, 6.07) is 6.31. The lowest BCUT2D eigenvalue weighted by atomic mass is 10.2. The third-order valence-electron chi connectivity index (χ3n) is 2.71. The van der Waals surface area contributed by atoms with Crippen molar-refractivity contribution in [2.75, 3.05) is 20.1 Å². The molecular weight excluding hydrogens is 222 g/mol. The number of aromatic nitrogens is 1. The second-order valence-electron chi connectivity index (χ2n) is 5.39. The van der Waals surface area contributed by atoms with Gasteiger partial charge in [-0.2, -0.15) is 0 Å². The fourth-order valence-electron chi connectivity index (χ4n) is 2.07. The molecule has 0 unspecified atom stereocenters. The van der Waals surface area contributed by atoms with Gasteiger partial charge >= 0.3 is 0 Å². The molecule has 0 radical (unpaired) electrons. The number of pyridine rings is 1. The lowest BCUT2D eigenvalue weighted by molar-refractivity contribution is 0.285. The van der Waals surface area contributed by atoms with E-state index in [4.69, 9.17) is 0 Å². The molecule has 0 bridgehead atoms. The molecule has 1 aromatic heterocycles. The van der Waals surface area contributed by atoms with E-state index < -0.39 is 0 Å². The van der Waals surface area contributed by atoms with Crippen LogP contribution in [0.15, 0.2) is 18.2 Å². The van der Waals surface area contributed by atoms with E-state index in [1.807, 2.05) is 0 Å². The highest BCUT2D eigenvalue weighted by molar-refractivity contribution is 5.11. The SMILES string of the molecule is CCCNCc1cccc(CN(C)CC(C)C)n1. The Morgan fingerprint density at radius 1 is 1.28 bits per heavy atom. The second kappa shape index (κ2) is 8.22. The van der Waals surface area contributed by atoms with Gasteiger partial charge in [0.2, 0.25) is 0 Å². The molecule has 1 heterocycles. The number of hydrogen-bond acceptors (Lipinski definition) is 3. The summed E-state index contributed by atoms with van der Waals surface area (Å²) in [5.41, 5.74) is 2.30. The Morgan fingerprint density at radius 2 is 2.00 bits per heavy atom. The standard InChI is InChI=1S/C15H27N3/c1-5-9-16-10-14-7-6-8-15(17-14)12-18(4)11-13(2)3/h6-8,13,16H,5,9-12H2,1-4H3. The Balaban J connectivity index is 2.48. The van der Waals surface area contributed by atoms with E-state index in [1.54, 1.807) is 0 Å². The van der Waals surface area contributed by atoms with Crippen LogP contribution < -0.4 is 5.32 Å². The zero-order chi connectivity index (χ0) is 13.4. The molecule has 0 fully saturated rings. The molecule has 1 aromatic rings. The van der Waals surface area contributed by atoms with Crippen LogP contribution in [0.3, 0.4) is 0 Å². The molecule has 0 saturated heterocycles. The van der Waals surface area contributed by atoms with Gasteiger partial charge in [-0.25, -0.2) is 0 Å². The molecule has 1 N–H and O–H groups in total. The second-order valence-corrected chi connectivity index (χ2v) is 5.39. The Labute approximate surface area is 112 Å². The van der Waals surface area contributed by atoms with Crippen LogP contribution in [0.5, 0.6) is 0 Å². The average molecular weight is 249 g/mol. The van der Waals surface area contributed by atoms with E-state index in [0.29, 0.717) is 5.92 Å². The highest BCUT2D eigenvalue weighted by atomic mass is 15.1. The van der Waals surface area contributed by atoms with Crippen LogP contribution in [0, 0.1) is 5.92 Å². The van der Waals surface area contributed by atoms with E-state index in [0.717, 1.165) is 44.0 Å². The van der Waals surface area contributed by atoms with Crippen molar-refractivity contribution < 1.29 is 0 Å². The van der Waals surface area contributed by atoms with Gasteiger partial charge in [-0.3, -0.25) is 4.98 Å². The summed E-state index contributed by atoms with van der Waals surface area (Å²) in [7, 11) is 2.16. The summed E-state index contributed by atoms with van der Waals surface area (Å²) in [5.74, 6) is 0.699. The van der Waals surface area contributed by atoms with Gasteiger partial charge in [-0.05, 0) is 38.1 Å². The molecule has 18 heavy (non-hydrogen) atoms. The van der Waals surface area contributed by atoms with Gasteiger partial charge in [0.15, 0.2) is 0 Å². The molecule has 0 amide bonds. The van der Waals surface area contributed by atoms with Gasteiger partial charge in [-0.1, -0.05) is 26.8 Å². The molecule has 0 aliphatic rings. The normalized spacial score (nSPS) is 11.4. The van der Waals surface area contributed by atoms with Crippen LogP contribution in [-0.2, 0) is 13.1 Å². The van der Waals surface area contributed by atoms with Crippen molar-refractivity contribution in [2.24, 2.45) is 5.92 Å². The minimum absolute atomic E-state index is 0.699. The maximum atomic E-state index is 4.69. The smallest absolute Gasteiger partial charge is 0.0547 e. The van der Waals surface area contributed by atoms with Crippen molar-refractivity contribution >= 4 is 0 Å². The molecule has 102 valence electrons. The molecule has 0 spiro atoms. The predicted octanol–water partition coefficient (Wildman–Crippen LogP) is 2.67. The zero-order valence-corrected chi connectivity index (χ0v) is 12.2. The third-order valence-corrected chi connectivity index (χ3v) is 2.71. The van der Waals surface area contributed by atoms with Crippen LogP contribution >= 0.6 is 0 Å². The van der Waals surface area contributed by atoms with E-state index in [1.165, 1.54) is 0 Å². The average Bonchev–Trinajstić information content (AvgIpc) is 2.28. The molecule has 0 atom stereocenters. The number of nitrogens with one attached hydrogen (secondary N) is 1. The molecule has 1 rings (SSSR count). The van der Waals surface area contributed by atoms with Crippen LogP contribution in [0.1, 0.15) is 38.6 Å². The summed E-state index contributed by atoms with van der Waals surface area (Å²) >= 11 is 0. The van der Waals surface area contributed by atoms with Crippen molar-refractivity contribution in [2.45, 2.75) is 40.3 Å². The fraction of sp³-hybridized carbons (Fsp3) is 0.667. The van der Waals surface area contributed by atoms with E-state index >= 15 is 0 Å². The van der Waals surface area contributed by atoms with Gasteiger partial charge in [0, 0.05) is 19.6 Å². The minimum atomic E-state index is 0.699. The van der Waals surface area contributed by atoms with E-state index in [2.05, 4.69) is 61.2 Å². The molecule has 0 aliphatic carbocycles. The van der Waals surface area contributed by atoms with Gasteiger partial charge in [0.1, 0.15) is 0 Å². The quantitative estimate of drug-likeness (QED) is 0.718. The highest BCUT2D eigenvalue weighted by Crippen LogP contribution is 2.05. The van der Waals surface area contributed by atoms with E-state index in [-0.39, 0.29) is 0 Å². The van der Waals surface area contributed by atoms with Gasteiger partial charge in [-0.15, -0.1) is 0 Å². The summed E-state index contributed by atoms with van der Waals surface area (Å²) < 4.78 is 0. The molecule has 3 heteroatoms. The number of nitrogens with zero attached hydrogens (tertiary/aromatic N) is 2. The predicted molar refractivity (Wildman–Crippen MR) is 77.4 cm³/mol. The minimum Gasteiger partial charge on any atom is -0.311 e. The molecular formula is C15H27N3. The highest BCUT2D eigenvalue weighted by Gasteiger charge is 2.04.